The zero-order valence-corrected chi connectivity index (χ0v) is 14.8. The van der Waals surface area contributed by atoms with E-state index in [0.29, 0.717) is 12.3 Å². The van der Waals surface area contributed by atoms with Gasteiger partial charge in [-0.05, 0) is 44.5 Å². The zero-order valence-electron chi connectivity index (χ0n) is 14.8. The molecule has 1 atom stereocenters. The van der Waals surface area contributed by atoms with Gasteiger partial charge in [0.25, 0.3) is 0 Å². The molecule has 0 spiro atoms. The van der Waals surface area contributed by atoms with Gasteiger partial charge in [-0.3, -0.25) is 0 Å². The van der Waals surface area contributed by atoms with E-state index in [1.807, 2.05) is 68.4 Å². The van der Waals surface area contributed by atoms with Crippen LogP contribution in [0, 0.1) is 6.92 Å². The van der Waals surface area contributed by atoms with Crippen molar-refractivity contribution in [1.82, 2.24) is 0 Å². The van der Waals surface area contributed by atoms with Crippen LogP contribution in [0.3, 0.4) is 0 Å². The highest BCUT2D eigenvalue weighted by atomic mass is 16.5. The minimum absolute atomic E-state index is 0.207. The maximum atomic E-state index is 12.5. The second-order valence-corrected chi connectivity index (χ2v) is 6.05. The zero-order chi connectivity index (χ0) is 17.8. The molecule has 1 aliphatic heterocycles. The number of aryl methyl sites for hydroxylation is 1. The molecule has 0 aliphatic carbocycles. The summed E-state index contributed by atoms with van der Waals surface area (Å²) in [5.74, 6) is -0.584. The molecule has 2 aromatic carbocycles. The predicted octanol–water partition coefficient (Wildman–Crippen LogP) is 4.42. The molecular formula is C21H22N2O2. The summed E-state index contributed by atoms with van der Waals surface area (Å²) >= 11 is 0. The third-order valence-corrected chi connectivity index (χ3v) is 4.17. The Morgan fingerprint density at radius 2 is 1.76 bits per heavy atom. The van der Waals surface area contributed by atoms with Crippen molar-refractivity contribution in [2.75, 3.05) is 11.6 Å². The Bertz CT molecular complexity index is 808. The molecule has 0 radical (unpaired) electrons. The molecule has 0 saturated carbocycles. The van der Waals surface area contributed by atoms with Crippen LogP contribution in [0.5, 0.6) is 0 Å². The van der Waals surface area contributed by atoms with Gasteiger partial charge in [-0.15, -0.1) is 0 Å². The molecule has 1 aliphatic rings. The van der Waals surface area contributed by atoms with Crippen LogP contribution in [0.4, 0.5) is 5.69 Å². The molecule has 4 heteroatoms. The number of ether oxygens (including phenoxy) is 1. The van der Waals surface area contributed by atoms with E-state index < -0.39 is 0 Å². The number of esters is 1. The van der Waals surface area contributed by atoms with Crippen LogP contribution in [-0.4, -0.2) is 18.3 Å². The number of carbonyl (C=O) groups is 1. The van der Waals surface area contributed by atoms with Crippen molar-refractivity contribution in [2.45, 2.75) is 26.7 Å². The Kier molecular flexibility index (Phi) is 4.98. The third-order valence-electron chi connectivity index (χ3n) is 4.17. The number of hydrogen-bond donors (Lipinski definition) is 0. The van der Waals surface area contributed by atoms with E-state index in [2.05, 4.69) is 11.2 Å². The van der Waals surface area contributed by atoms with E-state index in [0.717, 1.165) is 16.9 Å². The molecule has 0 fully saturated rings. The molecule has 2 aromatic rings. The number of benzene rings is 2. The second-order valence-electron chi connectivity index (χ2n) is 6.05. The fourth-order valence-electron chi connectivity index (χ4n) is 2.87. The monoisotopic (exact) mass is 334 g/mol. The van der Waals surface area contributed by atoms with E-state index in [1.54, 1.807) is 11.9 Å². The fraction of sp³-hybridized carbons (Fsp3) is 0.238. The number of hydrazone groups is 1. The Balaban J connectivity index is 2.03. The van der Waals surface area contributed by atoms with Crippen LogP contribution in [0.25, 0.3) is 0 Å². The van der Waals surface area contributed by atoms with Crippen molar-refractivity contribution in [2.24, 2.45) is 5.10 Å². The average Bonchev–Trinajstić information content (AvgIpc) is 2.63. The normalized spacial score (nSPS) is 16.9. The maximum absolute atomic E-state index is 12.5. The van der Waals surface area contributed by atoms with Crippen LogP contribution in [0.2, 0.25) is 0 Å². The number of rotatable bonds is 4. The first kappa shape index (κ1) is 17.0. The number of allylic oxidation sites excluding steroid dienone is 2. The largest absolute Gasteiger partial charge is 0.461 e. The van der Waals surface area contributed by atoms with Gasteiger partial charge >= 0.3 is 5.97 Å². The van der Waals surface area contributed by atoms with Gasteiger partial charge in [0.05, 0.1) is 18.2 Å². The lowest BCUT2D eigenvalue weighted by Crippen LogP contribution is -2.32. The molecule has 0 N–H and O–H groups in total. The van der Waals surface area contributed by atoms with Gasteiger partial charge in [-0.1, -0.05) is 48.0 Å². The molecule has 3 rings (SSSR count). The summed E-state index contributed by atoms with van der Waals surface area (Å²) < 4.78 is 5.25. The lowest BCUT2D eigenvalue weighted by Gasteiger charge is -2.29. The average molecular weight is 334 g/mol. The number of carbonyl (C=O) groups excluding carboxylic acids is 1. The highest BCUT2D eigenvalue weighted by molar-refractivity contribution is 6.39. The fourth-order valence-corrected chi connectivity index (χ4v) is 2.87. The molecule has 4 nitrogen and oxygen atoms in total. The predicted molar refractivity (Wildman–Crippen MR) is 101 cm³/mol. The topological polar surface area (TPSA) is 41.9 Å². The summed E-state index contributed by atoms with van der Waals surface area (Å²) in [5.41, 5.74) is 4.51. The molecule has 0 saturated heterocycles. The van der Waals surface area contributed by atoms with E-state index in [9.17, 15) is 4.79 Å². The van der Waals surface area contributed by atoms with Crippen LogP contribution < -0.4 is 5.01 Å². The minimum Gasteiger partial charge on any atom is -0.461 e. The summed E-state index contributed by atoms with van der Waals surface area (Å²) in [7, 11) is 0. The van der Waals surface area contributed by atoms with Crippen molar-refractivity contribution < 1.29 is 9.53 Å². The molecule has 0 bridgehead atoms. The van der Waals surface area contributed by atoms with Crippen molar-refractivity contribution in [3.8, 4) is 0 Å². The lowest BCUT2D eigenvalue weighted by molar-refractivity contribution is -0.135. The minimum atomic E-state index is -0.378. The SMILES string of the molecule is CCOC(=O)C1=NN(c2ccc(C)cc2)C(C)=C[C@@H]1c1ccccc1. The van der Waals surface area contributed by atoms with Gasteiger partial charge in [-0.2, -0.15) is 5.10 Å². The van der Waals surface area contributed by atoms with Crippen LogP contribution >= 0.6 is 0 Å². The Morgan fingerprint density at radius 1 is 1.08 bits per heavy atom. The van der Waals surface area contributed by atoms with Crippen LogP contribution in [0.1, 0.15) is 30.9 Å². The van der Waals surface area contributed by atoms with Crippen LogP contribution in [-0.2, 0) is 9.53 Å². The maximum Gasteiger partial charge on any atom is 0.355 e. The molecule has 0 unspecified atom stereocenters. The summed E-state index contributed by atoms with van der Waals surface area (Å²) in [6.45, 7) is 6.17. The molecule has 0 aromatic heterocycles. The first-order valence-electron chi connectivity index (χ1n) is 8.46. The molecule has 128 valence electrons. The lowest BCUT2D eigenvalue weighted by atomic mass is 9.92. The van der Waals surface area contributed by atoms with Gasteiger partial charge in [-0.25, -0.2) is 9.80 Å². The van der Waals surface area contributed by atoms with E-state index in [4.69, 9.17) is 4.74 Å². The second kappa shape index (κ2) is 7.34. The van der Waals surface area contributed by atoms with Gasteiger partial charge in [0.1, 0.15) is 0 Å². The first-order chi connectivity index (χ1) is 12.1. The third kappa shape index (κ3) is 3.63. The Hall–Kier alpha value is -2.88. The highest BCUT2D eigenvalue weighted by Gasteiger charge is 2.30. The summed E-state index contributed by atoms with van der Waals surface area (Å²) in [4.78, 5) is 12.5. The number of nitrogens with zero attached hydrogens (tertiary/aromatic N) is 2. The quantitative estimate of drug-likeness (QED) is 0.777. The number of anilines is 1. The van der Waals surface area contributed by atoms with E-state index in [1.165, 1.54) is 5.56 Å². The summed E-state index contributed by atoms with van der Waals surface area (Å²) in [6.07, 6.45) is 2.06. The molecular weight excluding hydrogens is 312 g/mol. The van der Waals surface area contributed by atoms with Crippen molar-refractivity contribution in [3.63, 3.8) is 0 Å². The van der Waals surface area contributed by atoms with E-state index in [-0.39, 0.29) is 11.9 Å². The van der Waals surface area contributed by atoms with Crippen LogP contribution in [0.15, 0.2) is 71.5 Å². The van der Waals surface area contributed by atoms with Crippen molar-refractivity contribution in [1.29, 1.82) is 0 Å². The molecule has 0 amide bonds. The Morgan fingerprint density at radius 3 is 2.40 bits per heavy atom. The standard InChI is InChI=1S/C21H22N2O2/c1-4-25-21(24)20-19(17-8-6-5-7-9-17)14-16(3)23(22-20)18-12-10-15(2)11-13-18/h5-14,19H,4H2,1-3H3/t19-/m1/s1. The number of hydrogen-bond acceptors (Lipinski definition) is 4. The van der Waals surface area contributed by atoms with E-state index >= 15 is 0 Å². The van der Waals surface area contributed by atoms with Gasteiger partial charge in [0.2, 0.25) is 0 Å². The summed E-state index contributed by atoms with van der Waals surface area (Å²) in [5, 5.41) is 6.44. The Labute approximate surface area is 148 Å². The van der Waals surface area contributed by atoms with Gasteiger partial charge in [0.15, 0.2) is 5.71 Å². The first-order valence-corrected chi connectivity index (χ1v) is 8.46. The van der Waals surface area contributed by atoms with Crippen molar-refractivity contribution >= 4 is 17.4 Å². The molecule has 1 heterocycles. The highest BCUT2D eigenvalue weighted by Crippen LogP contribution is 2.31. The summed E-state index contributed by atoms with van der Waals surface area (Å²) in [6, 6.07) is 18.0. The van der Waals surface area contributed by atoms with Gasteiger partial charge < -0.3 is 4.74 Å². The van der Waals surface area contributed by atoms with Crippen molar-refractivity contribution in [3.05, 3.63) is 77.5 Å². The molecule has 25 heavy (non-hydrogen) atoms. The van der Waals surface area contributed by atoms with Gasteiger partial charge in [0, 0.05) is 5.70 Å². The smallest absolute Gasteiger partial charge is 0.355 e.